The average Bonchev–Trinajstić information content (AvgIpc) is 3.25. The van der Waals surface area contributed by atoms with Crippen molar-refractivity contribution in [1.29, 1.82) is 0 Å². The molecular formula is C29H33N3O3. The Bertz CT molecular complexity index is 1230. The molecule has 0 aliphatic carbocycles. The van der Waals surface area contributed by atoms with Crippen LogP contribution in [0.2, 0.25) is 0 Å². The smallest absolute Gasteiger partial charge is 0.258 e. The summed E-state index contributed by atoms with van der Waals surface area (Å²) >= 11 is 0. The number of hydrogen-bond acceptors (Lipinski definition) is 4. The topological polar surface area (TPSA) is 65.4 Å². The third kappa shape index (κ3) is 6.41. The molecule has 6 nitrogen and oxygen atoms in total. The number of carbonyl (C=O) groups is 1. The maximum atomic E-state index is 12.5. The maximum absolute atomic E-state index is 12.5. The molecule has 0 aliphatic heterocycles. The van der Waals surface area contributed by atoms with Crippen molar-refractivity contribution in [2.24, 2.45) is 0 Å². The van der Waals surface area contributed by atoms with E-state index in [-0.39, 0.29) is 18.6 Å². The molecule has 4 rings (SSSR count). The second kappa shape index (κ2) is 11.6. The molecule has 0 fully saturated rings. The van der Waals surface area contributed by atoms with E-state index in [1.807, 2.05) is 67.6 Å². The van der Waals surface area contributed by atoms with Crippen LogP contribution in [0.3, 0.4) is 0 Å². The number of aromatic nitrogens is 2. The van der Waals surface area contributed by atoms with Gasteiger partial charge in [-0.05, 0) is 61.2 Å². The predicted molar refractivity (Wildman–Crippen MR) is 139 cm³/mol. The molecule has 1 N–H and O–H groups in total. The van der Waals surface area contributed by atoms with Gasteiger partial charge in [-0.3, -0.25) is 4.79 Å². The van der Waals surface area contributed by atoms with Gasteiger partial charge in [0.2, 0.25) is 0 Å². The first kappa shape index (κ1) is 24.3. The maximum Gasteiger partial charge on any atom is 0.258 e. The third-order valence-electron chi connectivity index (χ3n) is 5.90. The van der Waals surface area contributed by atoms with E-state index >= 15 is 0 Å². The minimum atomic E-state index is -0.265. The number of imidazole rings is 1. The summed E-state index contributed by atoms with van der Waals surface area (Å²) in [4.78, 5) is 17.3. The van der Waals surface area contributed by atoms with Crippen LogP contribution in [0, 0.1) is 0 Å². The molecule has 35 heavy (non-hydrogen) atoms. The van der Waals surface area contributed by atoms with Gasteiger partial charge in [0.15, 0.2) is 6.61 Å². The largest absolute Gasteiger partial charge is 0.494 e. The van der Waals surface area contributed by atoms with Gasteiger partial charge in [0, 0.05) is 6.54 Å². The first-order valence-corrected chi connectivity index (χ1v) is 12.2. The van der Waals surface area contributed by atoms with Gasteiger partial charge < -0.3 is 19.4 Å². The predicted octanol–water partition coefficient (Wildman–Crippen LogP) is 5.89. The third-order valence-corrected chi connectivity index (χ3v) is 5.90. The van der Waals surface area contributed by atoms with Gasteiger partial charge in [0.05, 0.1) is 23.7 Å². The highest BCUT2D eigenvalue weighted by atomic mass is 16.5. The Morgan fingerprint density at radius 3 is 2.31 bits per heavy atom. The van der Waals surface area contributed by atoms with E-state index in [1.165, 1.54) is 5.56 Å². The molecule has 0 saturated carbocycles. The number of hydrogen-bond donors (Lipinski definition) is 1. The summed E-state index contributed by atoms with van der Waals surface area (Å²) in [6, 6.07) is 25.4. The Hall–Kier alpha value is -3.80. The highest BCUT2D eigenvalue weighted by Crippen LogP contribution is 2.22. The number of ether oxygens (including phenoxy) is 2. The van der Waals surface area contributed by atoms with E-state index in [9.17, 15) is 4.79 Å². The van der Waals surface area contributed by atoms with Crippen molar-refractivity contribution in [3.05, 3.63) is 90.3 Å². The SMILES string of the molecule is CC(C)c1ccc(OCCCn2c(C(C)NC(=O)COc3ccccc3)nc3ccccc32)cc1. The molecule has 4 aromatic rings. The molecule has 1 unspecified atom stereocenters. The first-order valence-electron chi connectivity index (χ1n) is 12.2. The van der Waals surface area contributed by atoms with Gasteiger partial charge in [0.25, 0.3) is 5.91 Å². The molecule has 0 saturated heterocycles. The summed E-state index contributed by atoms with van der Waals surface area (Å²) in [5.74, 6) is 2.68. The second-order valence-electron chi connectivity index (χ2n) is 8.93. The van der Waals surface area contributed by atoms with Crippen LogP contribution in [0.5, 0.6) is 11.5 Å². The van der Waals surface area contributed by atoms with Gasteiger partial charge in [-0.2, -0.15) is 0 Å². The van der Waals surface area contributed by atoms with E-state index in [0.29, 0.717) is 18.3 Å². The van der Waals surface area contributed by atoms with E-state index in [1.54, 1.807) is 0 Å². The van der Waals surface area contributed by atoms with Gasteiger partial charge >= 0.3 is 0 Å². The number of aryl methyl sites for hydroxylation is 1. The Balaban J connectivity index is 1.37. The van der Waals surface area contributed by atoms with Crippen LogP contribution < -0.4 is 14.8 Å². The van der Waals surface area contributed by atoms with Crippen molar-refractivity contribution in [3.63, 3.8) is 0 Å². The Labute approximate surface area is 206 Å². The quantitative estimate of drug-likeness (QED) is 0.277. The Kier molecular flexibility index (Phi) is 8.03. The highest BCUT2D eigenvalue weighted by molar-refractivity contribution is 5.79. The van der Waals surface area contributed by atoms with E-state index in [0.717, 1.165) is 35.6 Å². The summed E-state index contributed by atoms with van der Waals surface area (Å²) in [5, 5.41) is 3.02. The minimum absolute atomic E-state index is 0.0436. The van der Waals surface area contributed by atoms with Crippen molar-refractivity contribution in [1.82, 2.24) is 14.9 Å². The Morgan fingerprint density at radius 1 is 0.886 bits per heavy atom. The standard InChI is InChI=1S/C29H33N3O3/c1-21(2)23-14-16-25(17-15-23)34-19-9-18-32-27-13-8-7-12-26(27)31-29(32)22(3)30-28(33)20-35-24-10-5-4-6-11-24/h4-8,10-17,21-22H,9,18-20H2,1-3H3,(H,30,33). The number of rotatable bonds is 11. The molecule has 6 heteroatoms. The van der Waals surface area contributed by atoms with E-state index in [2.05, 4.69) is 41.9 Å². The van der Waals surface area contributed by atoms with E-state index < -0.39 is 0 Å². The van der Waals surface area contributed by atoms with Crippen LogP contribution in [0.4, 0.5) is 0 Å². The first-order chi connectivity index (χ1) is 17.0. The highest BCUT2D eigenvalue weighted by Gasteiger charge is 2.18. The van der Waals surface area contributed by atoms with Crippen molar-refractivity contribution in [2.45, 2.75) is 45.7 Å². The summed E-state index contributed by atoms with van der Waals surface area (Å²) < 4.78 is 13.7. The lowest BCUT2D eigenvalue weighted by atomic mass is 10.0. The van der Waals surface area contributed by atoms with Crippen LogP contribution in [-0.4, -0.2) is 28.7 Å². The second-order valence-corrected chi connectivity index (χ2v) is 8.93. The zero-order valence-electron chi connectivity index (χ0n) is 20.6. The van der Waals surface area contributed by atoms with Crippen LogP contribution in [0.15, 0.2) is 78.9 Å². The molecule has 1 atom stereocenters. The summed E-state index contributed by atoms with van der Waals surface area (Å²) in [6.45, 7) is 7.60. The molecule has 0 radical (unpaired) electrons. The van der Waals surface area contributed by atoms with Crippen molar-refractivity contribution in [3.8, 4) is 11.5 Å². The zero-order valence-corrected chi connectivity index (χ0v) is 20.6. The molecular weight excluding hydrogens is 438 g/mol. The fraction of sp³-hybridized carbons (Fsp3) is 0.310. The fourth-order valence-electron chi connectivity index (χ4n) is 4.03. The number of nitrogens with one attached hydrogen (secondary N) is 1. The number of benzene rings is 3. The molecule has 182 valence electrons. The molecule has 0 spiro atoms. The molecule has 1 aromatic heterocycles. The van der Waals surface area contributed by atoms with Crippen molar-refractivity contribution < 1.29 is 14.3 Å². The van der Waals surface area contributed by atoms with Gasteiger partial charge in [-0.25, -0.2) is 4.98 Å². The molecule has 0 bridgehead atoms. The van der Waals surface area contributed by atoms with Gasteiger partial charge in [0.1, 0.15) is 17.3 Å². The molecule has 3 aromatic carbocycles. The van der Waals surface area contributed by atoms with Crippen molar-refractivity contribution >= 4 is 16.9 Å². The number of fused-ring (bicyclic) bond motifs is 1. The fourth-order valence-corrected chi connectivity index (χ4v) is 4.03. The zero-order chi connectivity index (χ0) is 24.6. The molecule has 1 amide bonds. The van der Waals surface area contributed by atoms with Crippen LogP contribution >= 0.6 is 0 Å². The number of para-hydroxylation sites is 3. The lowest BCUT2D eigenvalue weighted by Gasteiger charge is -2.17. The van der Waals surface area contributed by atoms with Crippen molar-refractivity contribution in [2.75, 3.05) is 13.2 Å². The van der Waals surface area contributed by atoms with Crippen LogP contribution in [0.1, 0.15) is 50.5 Å². The molecule has 0 aliphatic rings. The van der Waals surface area contributed by atoms with Crippen LogP contribution in [-0.2, 0) is 11.3 Å². The number of carbonyl (C=O) groups excluding carboxylic acids is 1. The average molecular weight is 472 g/mol. The summed E-state index contributed by atoms with van der Waals surface area (Å²) in [6.07, 6.45) is 0.817. The lowest BCUT2D eigenvalue weighted by molar-refractivity contribution is -0.123. The molecule has 1 heterocycles. The summed E-state index contributed by atoms with van der Waals surface area (Å²) in [5.41, 5.74) is 3.26. The lowest BCUT2D eigenvalue weighted by Crippen LogP contribution is -2.32. The van der Waals surface area contributed by atoms with E-state index in [4.69, 9.17) is 14.5 Å². The minimum Gasteiger partial charge on any atom is -0.494 e. The number of nitrogens with zero attached hydrogens (tertiary/aromatic N) is 2. The monoisotopic (exact) mass is 471 g/mol. The van der Waals surface area contributed by atoms with Crippen LogP contribution in [0.25, 0.3) is 11.0 Å². The van der Waals surface area contributed by atoms with Gasteiger partial charge in [-0.15, -0.1) is 0 Å². The number of amides is 1. The normalized spacial score (nSPS) is 12.0. The Morgan fingerprint density at radius 2 is 1.57 bits per heavy atom. The summed E-state index contributed by atoms with van der Waals surface area (Å²) in [7, 11) is 0. The van der Waals surface area contributed by atoms with Gasteiger partial charge in [-0.1, -0.05) is 56.3 Å².